The van der Waals surface area contributed by atoms with Crippen LogP contribution in [0.2, 0.25) is 0 Å². The van der Waals surface area contributed by atoms with E-state index in [1.165, 1.54) is 12.8 Å². The SMILES string of the molecule is Cc1cccc(CN2CCC[C@@H](Cc3cnc(-c4ncc[nH]4)cn3)C2)n1. The van der Waals surface area contributed by atoms with Gasteiger partial charge >= 0.3 is 0 Å². The Labute approximate surface area is 153 Å². The number of aromatic amines is 1. The number of hydrogen-bond acceptors (Lipinski definition) is 5. The molecule has 1 atom stereocenters. The zero-order valence-electron chi connectivity index (χ0n) is 15.1. The maximum absolute atomic E-state index is 4.64. The van der Waals surface area contributed by atoms with Crippen molar-refractivity contribution in [3.05, 3.63) is 60.1 Å². The lowest BCUT2D eigenvalue weighted by Crippen LogP contribution is -2.36. The lowest BCUT2D eigenvalue weighted by atomic mass is 9.93. The summed E-state index contributed by atoms with van der Waals surface area (Å²) >= 11 is 0. The molecule has 3 aromatic heterocycles. The number of hydrogen-bond donors (Lipinski definition) is 1. The fraction of sp³-hybridized carbons (Fsp3) is 0.400. The Kier molecular flexibility index (Phi) is 5.02. The molecule has 0 spiro atoms. The van der Waals surface area contributed by atoms with Gasteiger partial charge in [0.05, 0.1) is 17.6 Å². The van der Waals surface area contributed by atoms with Crippen molar-refractivity contribution >= 4 is 0 Å². The molecule has 6 nitrogen and oxygen atoms in total. The Hall–Kier alpha value is -2.60. The first kappa shape index (κ1) is 16.8. The van der Waals surface area contributed by atoms with Crippen molar-refractivity contribution < 1.29 is 0 Å². The predicted molar refractivity (Wildman–Crippen MR) is 100 cm³/mol. The number of likely N-dealkylation sites (tertiary alicyclic amines) is 1. The van der Waals surface area contributed by atoms with Crippen LogP contribution in [0.4, 0.5) is 0 Å². The Bertz CT molecular complexity index is 828. The van der Waals surface area contributed by atoms with Crippen LogP contribution in [-0.4, -0.2) is 42.9 Å². The largest absolute Gasteiger partial charge is 0.343 e. The van der Waals surface area contributed by atoms with Gasteiger partial charge in [-0.15, -0.1) is 0 Å². The first-order valence-electron chi connectivity index (χ1n) is 9.22. The lowest BCUT2D eigenvalue weighted by molar-refractivity contribution is 0.164. The molecule has 0 aliphatic carbocycles. The molecule has 4 heterocycles. The monoisotopic (exact) mass is 348 g/mol. The van der Waals surface area contributed by atoms with Crippen LogP contribution >= 0.6 is 0 Å². The van der Waals surface area contributed by atoms with E-state index in [0.29, 0.717) is 5.92 Å². The highest BCUT2D eigenvalue weighted by Crippen LogP contribution is 2.21. The smallest absolute Gasteiger partial charge is 0.157 e. The van der Waals surface area contributed by atoms with Crippen molar-refractivity contribution in [3.8, 4) is 11.5 Å². The fourth-order valence-corrected chi connectivity index (χ4v) is 3.66. The van der Waals surface area contributed by atoms with Crippen LogP contribution in [0.3, 0.4) is 0 Å². The summed E-state index contributed by atoms with van der Waals surface area (Å²) < 4.78 is 0. The molecule has 1 aliphatic heterocycles. The Morgan fingerprint density at radius 2 is 2.12 bits per heavy atom. The van der Waals surface area contributed by atoms with E-state index in [9.17, 15) is 0 Å². The molecule has 3 aromatic rings. The number of aromatic nitrogens is 5. The van der Waals surface area contributed by atoms with E-state index < -0.39 is 0 Å². The maximum Gasteiger partial charge on any atom is 0.157 e. The van der Waals surface area contributed by atoms with Crippen LogP contribution in [0, 0.1) is 12.8 Å². The molecular weight excluding hydrogens is 324 g/mol. The summed E-state index contributed by atoms with van der Waals surface area (Å²) in [6.07, 6.45) is 10.7. The minimum absolute atomic E-state index is 0.623. The molecule has 0 bridgehead atoms. The summed E-state index contributed by atoms with van der Waals surface area (Å²) in [6, 6.07) is 6.26. The van der Waals surface area contributed by atoms with E-state index in [1.54, 1.807) is 12.4 Å². The van der Waals surface area contributed by atoms with Gasteiger partial charge in [-0.05, 0) is 50.8 Å². The number of nitrogens with zero attached hydrogens (tertiary/aromatic N) is 5. The summed E-state index contributed by atoms with van der Waals surface area (Å²) in [5.41, 5.74) is 4.09. The molecular formula is C20H24N6. The Morgan fingerprint density at radius 1 is 1.15 bits per heavy atom. The molecule has 0 radical (unpaired) electrons. The first-order valence-corrected chi connectivity index (χ1v) is 9.22. The van der Waals surface area contributed by atoms with Crippen LogP contribution in [-0.2, 0) is 13.0 Å². The number of rotatable bonds is 5. The van der Waals surface area contributed by atoms with Crippen molar-refractivity contribution in [2.45, 2.75) is 32.7 Å². The van der Waals surface area contributed by atoms with Gasteiger partial charge in [0.25, 0.3) is 0 Å². The minimum Gasteiger partial charge on any atom is -0.343 e. The van der Waals surface area contributed by atoms with E-state index in [-0.39, 0.29) is 0 Å². The average molecular weight is 348 g/mol. The number of nitrogens with one attached hydrogen (secondary N) is 1. The second-order valence-corrected chi connectivity index (χ2v) is 7.05. The first-order chi connectivity index (χ1) is 12.8. The van der Waals surface area contributed by atoms with Gasteiger partial charge in [-0.2, -0.15) is 0 Å². The van der Waals surface area contributed by atoms with E-state index in [1.807, 2.05) is 25.4 Å². The second kappa shape index (κ2) is 7.74. The summed E-state index contributed by atoms with van der Waals surface area (Å²) in [6.45, 7) is 5.22. The van der Waals surface area contributed by atoms with Crippen LogP contribution in [0.25, 0.3) is 11.5 Å². The molecule has 0 saturated carbocycles. The van der Waals surface area contributed by atoms with Crippen molar-refractivity contribution in [2.24, 2.45) is 5.92 Å². The summed E-state index contributed by atoms with van der Waals surface area (Å²) in [4.78, 5) is 23.5. The van der Waals surface area contributed by atoms with E-state index >= 15 is 0 Å². The number of imidazole rings is 1. The van der Waals surface area contributed by atoms with Gasteiger partial charge < -0.3 is 4.98 Å². The van der Waals surface area contributed by atoms with Crippen LogP contribution < -0.4 is 0 Å². The molecule has 0 unspecified atom stereocenters. The van der Waals surface area contributed by atoms with Gasteiger partial charge in [-0.3, -0.25) is 14.9 Å². The zero-order chi connectivity index (χ0) is 17.8. The molecule has 4 rings (SSSR count). The molecule has 1 fully saturated rings. The van der Waals surface area contributed by atoms with Gasteiger partial charge in [0.2, 0.25) is 0 Å². The van der Waals surface area contributed by atoms with E-state index in [2.05, 4.69) is 42.0 Å². The minimum atomic E-state index is 0.623. The summed E-state index contributed by atoms with van der Waals surface area (Å²) in [5.74, 6) is 1.39. The van der Waals surface area contributed by atoms with Crippen molar-refractivity contribution in [2.75, 3.05) is 13.1 Å². The second-order valence-electron chi connectivity index (χ2n) is 7.05. The summed E-state index contributed by atoms with van der Waals surface area (Å²) in [7, 11) is 0. The molecule has 1 aliphatic rings. The molecule has 134 valence electrons. The summed E-state index contributed by atoms with van der Waals surface area (Å²) in [5, 5.41) is 0. The quantitative estimate of drug-likeness (QED) is 0.767. The van der Waals surface area contributed by atoms with Crippen molar-refractivity contribution in [1.29, 1.82) is 0 Å². The molecule has 6 heteroatoms. The van der Waals surface area contributed by atoms with Crippen LogP contribution in [0.5, 0.6) is 0 Å². The van der Waals surface area contributed by atoms with Crippen LogP contribution in [0.1, 0.15) is 29.9 Å². The van der Waals surface area contributed by atoms with Crippen molar-refractivity contribution in [1.82, 2.24) is 29.8 Å². The lowest BCUT2D eigenvalue weighted by Gasteiger charge is -2.32. The van der Waals surface area contributed by atoms with Gasteiger partial charge in [0.1, 0.15) is 5.69 Å². The normalized spacial score (nSPS) is 18.1. The number of H-pyrrole nitrogens is 1. The highest BCUT2D eigenvalue weighted by molar-refractivity contribution is 5.46. The molecule has 1 N–H and O–H groups in total. The predicted octanol–water partition coefficient (Wildman–Crippen LogP) is 3.02. The van der Waals surface area contributed by atoms with Gasteiger partial charge in [0.15, 0.2) is 5.82 Å². The fourth-order valence-electron chi connectivity index (χ4n) is 3.66. The van der Waals surface area contributed by atoms with E-state index in [0.717, 1.165) is 54.7 Å². The molecule has 26 heavy (non-hydrogen) atoms. The maximum atomic E-state index is 4.64. The zero-order valence-corrected chi connectivity index (χ0v) is 15.1. The standard InChI is InChI=1S/C20H24N6/c1-15-4-2-6-17(25-15)14-26-9-3-5-16(13-26)10-18-11-24-19(12-23-18)20-21-7-8-22-20/h2,4,6-8,11-12,16H,3,5,9-10,13-14H2,1H3,(H,21,22)/t16-/m0/s1. The third-order valence-corrected chi connectivity index (χ3v) is 4.88. The highest BCUT2D eigenvalue weighted by atomic mass is 15.1. The van der Waals surface area contributed by atoms with Gasteiger partial charge in [-0.1, -0.05) is 6.07 Å². The third-order valence-electron chi connectivity index (χ3n) is 4.88. The Morgan fingerprint density at radius 3 is 2.88 bits per heavy atom. The Balaban J connectivity index is 1.36. The van der Waals surface area contributed by atoms with Crippen LogP contribution in [0.15, 0.2) is 43.0 Å². The molecule has 1 saturated heterocycles. The van der Waals surface area contributed by atoms with Gasteiger partial charge in [-0.25, -0.2) is 9.97 Å². The number of piperidine rings is 1. The number of aryl methyl sites for hydroxylation is 1. The third kappa shape index (κ3) is 4.14. The van der Waals surface area contributed by atoms with Gasteiger partial charge in [0, 0.05) is 37.4 Å². The average Bonchev–Trinajstić information content (AvgIpc) is 3.17. The molecule has 0 aromatic carbocycles. The topological polar surface area (TPSA) is 70.6 Å². The number of pyridine rings is 1. The van der Waals surface area contributed by atoms with Crippen molar-refractivity contribution in [3.63, 3.8) is 0 Å². The highest BCUT2D eigenvalue weighted by Gasteiger charge is 2.21. The molecule has 0 amide bonds. The van der Waals surface area contributed by atoms with E-state index in [4.69, 9.17) is 0 Å².